The molecule has 0 aliphatic carbocycles. The quantitative estimate of drug-likeness (QED) is 0.173. The summed E-state index contributed by atoms with van der Waals surface area (Å²) in [6, 6.07) is 20.9. The number of nitrogens with zero attached hydrogens (tertiary/aromatic N) is 2. The summed E-state index contributed by atoms with van der Waals surface area (Å²) < 4.78 is 13.1. The van der Waals surface area contributed by atoms with Gasteiger partial charge in [0, 0.05) is 39.3 Å². The number of benzene rings is 3. The van der Waals surface area contributed by atoms with E-state index in [0.29, 0.717) is 26.4 Å². The number of thiocarbonyl (C=S) groups is 1. The van der Waals surface area contributed by atoms with Crippen molar-refractivity contribution in [2.24, 2.45) is 0 Å². The van der Waals surface area contributed by atoms with Crippen LogP contribution in [-0.4, -0.2) is 33.8 Å². The van der Waals surface area contributed by atoms with Gasteiger partial charge in [0.25, 0.3) is 5.91 Å². The van der Waals surface area contributed by atoms with Gasteiger partial charge in [-0.2, -0.15) is 0 Å². The third-order valence-electron chi connectivity index (χ3n) is 6.18. The second-order valence-electron chi connectivity index (χ2n) is 8.56. The molecule has 2 aliphatic heterocycles. The molecule has 0 saturated carbocycles. The van der Waals surface area contributed by atoms with Gasteiger partial charge in [-0.25, -0.2) is 0 Å². The van der Waals surface area contributed by atoms with Crippen LogP contribution in [0.1, 0.15) is 5.56 Å². The summed E-state index contributed by atoms with van der Waals surface area (Å²) in [6.07, 6.45) is 5.74. The number of para-hydroxylation sites is 1. The Labute approximate surface area is 232 Å². The minimum atomic E-state index is -0.184. The van der Waals surface area contributed by atoms with Crippen LogP contribution in [-0.2, 0) is 16.1 Å². The molecule has 6 rings (SSSR count). The number of anilines is 2. The second kappa shape index (κ2) is 10.2. The van der Waals surface area contributed by atoms with Crippen LogP contribution >= 0.6 is 35.7 Å². The number of nitrogens with one attached hydrogen (secondary N) is 1. The van der Waals surface area contributed by atoms with E-state index in [1.165, 1.54) is 11.8 Å². The number of thioether (sulfide) groups is 2. The second-order valence-corrected chi connectivity index (χ2v) is 11.1. The summed E-state index contributed by atoms with van der Waals surface area (Å²) in [5.41, 5.74) is 3.12. The molecule has 4 aromatic rings. The fraction of sp³-hybridized carbons (Fsp3) is 0.107. The summed E-state index contributed by atoms with van der Waals surface area (Å²) in [4.78, 5) is 29.5. The van der Waals surface area contributed by atoms with Crippen molar-refractivity contribution in [2.75, 3.05) is 23.3 Å². The van der Waals surface area contributed by atoms with Crippen molar-refractivity contribution in [1.82, 2.24) is 4.57 Å². The summed E-state index contributed by atoms with van der Waals surface area (Å²) in [6.45, 7) is 0.277. The lowest BCUT2D eigenvalue weighted by Gasteiger charge is -2.15. The molecule has 7 nitrogen and oxygen atoms in total. The highest BCUT2D eigenvalue weighted by molar-refractivity contribution is 8.27. The Morgan fingerprint density at radius 3 is 2.82 bits per heavy atom. The number of fused-ring (bicyclic) bond motifs is 2. The van der Waals surface area contributed by atoms with E-state index in [2.05, 4.69) is 5.32 Å². The fourth-order valence-electron chi connectivity index (χ4n) is 4.43. The minimum absolute atomic E-state index is 0.102. The van der Waals surface area contributed by atoms with E-state index < -0.39 is 0 Å². The molecule has 0 bridgehead atoms. The first-order chi connectivity index (χ1) is 18.5. The van der Waals surface area contributed by atoms with Gasteiger partial charge in [-0.3, -0.25) is 14.5 Å². The third kappa shape index (κ3) is 4.66. The molecular weight excluding hydrogens is 539 g/mol. The van der Waals surface area contributed by atoms with Gasteiger partial charge in [0.05, 0.1) is 10.6 Å². The number of rotatable bonds is 6. The van der Waals surface area contributed by atoms with Crippen LogP contribution in [0.5, 0.6) is 11.5 Å². The van der Waals surface area contributed by atoms with Gasteiger partial charge >= 0.3 is 0 Å². The summed E-state index contributed by atoms with van der Waals surface area (Å²) in [7, 11) is 0. The Hall–Kier alpha value is -3.73. The molecule has 0 radical (unpaired) electrons. The van der Waals surface area contributed by atoms with E-state index in [9.17, 15) is 9.59 Å². The first kappa shape index (κ1) is 24.6. The predicted molar refractivity (Wildman–Crippen MR) is 157 cm³/mol. The first-order valence-electron chi connectivity index (χ1n) is 11.7. The zero-order valence-corrected chi connectivity index (χ0v) is 22.6. The van der Waals surface area contributed by atoms with Gasteiger partial charge in [-0.15, -0.1) is 11.8 Å². The normalized spacial score (nSPS) is 15.6. The Balaban J connectivity index is 1.26. The van der Waals surface area contributed by atoms with Crippen LogP contribution in [0.2, 0.25) is 0 Å². The average Bonchev–Trinajstić information content (AvgIpc) is 3.60. The lowest BCUT2D eigenvalue weighted by Crippen LogP contribution is -2.27. The van der Waals surface area contributed by atoms with Crippen LogP contribution in [0.3, 0.4) is 0 Å². The standard InChI is InChI=1S/C28H21N3O4S3/c1-37-20-6-4-5-19(13-20)31-27(33)25(38-28(31)36)11-17-14-30(22-8-3-2-7-21(17)22)15-26(32)29-18-9-10-23-24(12-18)35-16-34-23/h2-14H,15-16H2,1H3,(H,29,32)/b25-11-. The molecule has 10 heteroatoms. The zero-order valence-electron chi connectivity index (χ0n) is 20.2. The number of hydrogen-bond donors (Lipinski definition) is 1. The largest absolute Gasteiger partial charge is 0.454 e. The first-order valence-corrected chi connectivity index (χ1v) is 14.1. The van der Waals surface area contributed by atoms with Crippen molar-refractivity contribution < 1.29 is 19.1 Å². The molecule has 3 aromatic carbocycles. The summed E-state index contributed by atoms with van der Waals surface area (Å²) >= 11 is 8.46. The molecule has 38 heavy (non-hydrogen) atoms. The average molecular weight is 560 g/mol. The Bertz CT molecular complexity index is 1650. The van der Waals surface area contributed by atoms with Gasteiger partial charge in [0.15, 0.2) is 15.8 Å². The topological polar surface area (TPSA) is 72.8 Å². The van der Waals surface area contributed by atoms with Crippen LogP contribution in [0, 0.1) is 0 Å². The predicted octanol–water partition coefficient (Wildman–Crippen LogP) is 6.14. The molecule has 1 saturated heterocycles. The van der Waals surface area contributed by atoms with Gasteiger partial charge in [-0.1, -0.05) is 48.2 Å². The van der Waals surface area contributed by atoms with E-state index in [0.717, 1.165) is 27.0 Å². The molecule has 190 valence electrons. The molecule has 3 heterocycles. The van der Waals surface area contributed by atoms with Gasteiger partial charge in [0.2, 0.25) is 12.7 Å². The van der Waals surface area contributed by atoms with E-state index in [1.807, 2.05) is 71.6 Å². The van der Waals surface area contributed by atoms with Gasteiger partial charge in [-0.05, 0) is 48.7 Å². The van der Waals surface area contributed by atoms with E-state index in [1.54, 1.807) is 34.9 Å². The Morgan fingerprint density at radius 2 is 1.95 bits per heavy atom. The Morgan fingerprint density at radius 1 is 1.11 bits per heavy atom. The van der Waals surface area contributed by atoms with Crippen LogP contribution in [0.15, 0.2) is 82.7 Å². The highest BCUT2D eigenvalue weighted by Crippen LogP contribution is 2.38. The van der Waals surface area contributed by atoms with Crippen molar-refractivity contribution in [3.8, 4) is 11.5 Å². The smallest absolute Gasteiger partial charge is 0.270 e. The third-order valence-corrected chi connectivity index (χ3v) is 8.21. The molecule has 1 aromatic heterocycles. The van der Waals surface area contributed by atoms with E-state index in [4.69, 9.17) is 21.7 Å². The number of amides is 2. The van der Waals surface area contributed by atoms with Crippen LogP contribution < -0.4 is 19.7 Å². The zero-order chi connectivity index (χ0) is 26.2. The van der Waals surface area contributed by atoms with Crippen molar-refractivity contribution in [2.45, 2.75) is 11.4 Å². The number of carbonyl (C=O) groups is 2. The lowest BCUT2D eigenvalue weighted by molar-refractivity contribution is -0.116. The Kier molecular flexibility index (Phi) is 6.61. The maximum atomic E-state index is 13.4. The lowest BCUT2D eigenvalue weighted by atomic mass is 10.1. The number of hydrogen-bond acceptors (Lipinski definition) is 7. The van der Waals surface area contributed by atoms with Gasteiger partial charge in [0.1, 0.15) is 6.54 Å². The molecule has 1 N–H and O–H groups in total. The molecule has 2 amide bonds. The fourth-order valence-corrected chi connectivity index (χ4v) is 6.17. The van der Waals surface area contributed by atoms with Crippen molar-refractivity contribution in [3.05, 3.63) is 83.4 Å². The number of carbonyl (C=O) groups excluding carboxylic acids is 2. The van der Waals surface area contributed by atoms with Crippen molar-refractivity contribution in [3.63, 3.8) is 0 Å². The highest BCUT2D eigenvalue weighted by atomic mass is 32.2. The molecule has 0 spiro atoms. The van der Waals surface area contributed by atoms with Crippen molar-refractivity contribution in [1.29, 1.82) is 0 Å². The summed E-state index contributed by atoms with van der Waals surface area (Å²) in [5, 5.41) is 3.86. The molecule has 2 aliphatic rings. The number of ether oxygens (including phenoxy) is 2. The SMILES string of the molecule is CSc1cccc(N2C(=O)/C(=C/c3cn(CC(=O)Nc4ccc5c(c4)OCO5)c4ccccc34)SC2=S)c1. The summed E-state index contributed by atoms with van der Waals surface area (Å²) in [5.74, 6) is 0.923. The highest BCUT2D eigenvalue weighted by Gasteiger charge is 2.33. The van der Waals surface area contributed by atoms with Gasteiger partial charge < -0.3 is 19.4 Å². The van der Waals surface area contributed by atoms with Crippen molar-refractivity contribution >= 4 is 80.2 Å². The minimum Gasteiger partial charge on any atom is -0.454 e. The molecule has 0 atom stereocenters. The van der Waals surface area contributed by atoms with Crippen LogP contribution in [0.25, 0.3) is 17.0 Å². The maximum Gasteiger partial charge on any atom is 0.270 e. The molecule has 0 unspecified atom stereocenters. The number of aromatic nitrogens is 1. The van der Waals surface area contributed by atoms with E-state index >= 15 is 0 Å². The maximum absolute atomic E-state index is 13.4. The molecular formula is C28H21N3O4S3. The molecule has 1 fully saturated rings. The van der Waals surface area contributed by atoms with Crippen LogP contribution in [0.4, 0.5) is 11.4 Å². The van der Waals surface area contributed by atoms with E-state index in [-0.39, 0.29) is 25.2 Å². The monoisotopic (exact) mass is 559 g/mol.